The van der Waals surface area contributed by atoms with Crippen LogP contribution in [0.3, 0.4) is 0 Å². The Morgan fingerprint density at radius 1 is 1.21 bits per heavy atom. The van der Waals surface area contributed by atoms with Crippen molar-refractivity contribution in [1.29, 1.82) is 0 Å². The molecule has 0 aliphatic carbocycles. The van der Waals surface area contributed by atoms with E-state index in [1.165, 1.54) is 0 Å². The molecular weight excluding hydrogens is 461 g/mol. The van der Waals surface area contributed by atoms with Crippen LogP contribution in [0.25, 0.3) is 11.6 Å². The molecule has 1 aliphatic heterocycles. The van der Waals surface area contributed by atoms with E-state index in [-0.39, 0.29) is 23.3 Å². The lowest BCUT2D eigenvalue weighted by atomic mass is 10.0. The van der Waals surface area contributed by atoms with Gasteiger partial charge in [-0.3, -0.25) is 9.59 Å². The molecule has 0 fully saturated rings. The summed E-state index contributed by atoms with van der Waals surface area (Å²) in [5.41, 5.74) is 2.92. The number of ketones is 1. The van der Waals surface area contributed by atoms with E-state index >= 15 is 0 Å². The van der Waals surface area contributed by atoms with E-state index in [1.54, 1.807) is 36.4 Å². The molecule has 2 aromatic rings. The number of rotatable bonds is 3. The predicted molar refractivity (Wildman–Crippen MR) is 102 cm³/mol. The Morgan fingerprint density at radius 3 is 2.50 bits per heavy atom. The van der Waals surface area contributed by atoms with E-state index in [2.05, 4.69) is 37.2 Å². The Morgan fingerprint density at radius 2 is 1.88 bits per heavy atom. The number of phenolic OH excluding ortho intramolecular Hbond substituents is 1. The number of nitrogens with one attached hydrogen (secondary N) is 1. The number of carbonyl (C=O) groups excluding carboxylic acids is 2. The summed E-state index contributed by atoms with van der Waals surface area (Å²) in [6, 6.07) is 8.39. The maximum atomic E-state index is 12.3. The molecule has 0 atom stereocenters. The van der Waals surface area contributed by atoms with Gasteiger partial charge in [-0.25, -0.2) is 0 Å². The molecular formula is C17H10Br2ClNO3. The minimum Gasteiger partial charge on any atom is -0.506 e. The molecule has 0 radical (unpaired) electrons. The predicted octanol–water partition coefficient (Wildman–Crippen LogP) is 4.83. The van der Waals surface area contributed by atoms with E-state index in [9.17, 15) is 14.7 Å². The second-order valence-corrected chi connectivity index (χ2v) is 7.14. The number of hydrogen-bond donors (Lipinski definition) is 2. The van der Waals surface area contributed by atoms with Gasteiger partial charge < -0.3 is 10.4 Å². The van der Waals surface area contributed by atoms with Gasteiger partial charge in [-0.15, -0.1) is 11.6 Å². The number of aromatic hydroxyl groups is 1. The van der Waals surface area contributed by atoms with Crippen LogP contribution in [0.1, 0.15) is 21.5 Å². The van der Waals surface area contributed by atoms with Crippen LogP contribution in [-0.2, 0) is 4.79 Å². The zero-order chi connectivity index (χ0) is 17.4. The molecule has 2 aromatic carbocycles. The van der Waals surface area contributed by atoms with Crippen molar-refractivity contribution in [1.82, 2.24) is 0 Å². The monoisotopic (exact) mass is 469 g/mol. The van der Waals surface area contributed by atoms with Crippen LogP contribution in [0.4, 0.5) is 5.69 Å². The molecule has 4 nitrogen and oxygen atoms in total. The van der Waals surface area contributed by atoms with Crippen molar-refractivity contribution in [2.24, 2.45) is 0 Å². The summed E-state index contributed by atoms with van der Waals surface area (Å²) in [7, 11) is 0. The molecule has 0 spiro atoms. The van der Waals surface area contributed by atoms with Gasteiger partial charge in [0, 0.05) is 22.4 Å². The molecule has 0 saturated heterocycles. The summed E-state index contributed by atoms with van der Waals surface area (Å²) in [4.78, 5) is 24.0. The number of Topliss-reactive ketones (excluding diaryl/α,β-unsaturated/α-hetero) is 1. The molecule has 0 aromatic heterocycles. The number of fused-ring (bicyclic) bond motifs is 1. The largest absolute Gasteiger partial charge is 0.506 e. The SMILES string of the molecule is O=C1Nc2ccc(C(=O)CCl)cc2/C1=C\c1cc(Br)c(O)c(Br)c1. The summed E-state index contributed by atoms with van der Waals surface area (Å²) in [6.07, 6.45) is 1.70. The lowest BCUT2D eigenvalue weighted by Gasteiger charge is -2.05. The third-order valence-corrected chi connectivity index (χ3v) is 5.05. The number of halogens is 3. The van der Waals surface area contributed by atoms with Crippen molar-refractivity contribution in [3.63, 3.8) is 0 Å². The molecule has 7 heteroatoms. The Labute approximate surface area is 159 Å². The molecule has 1 amide bonds. The lowest BCUT2D eigenvalue weighted by molar-refractivity contribution is -0.110. The van der Waals surface area contributed by atoms with Crippen molar-refractivity contribution in [3.05, 3.63) is 56.0 Å². The smallest absolute Gasteiger partial charge is 0.256 e. The van der Waals surface area contributed by atoms with Crippen LogP contribution in [0.2, 0.25) is 0 Å². The van der Waals surface area contributed by atoms with Gasteiger partial charge in [0.2, 0.25) is 0 Å². The Hall–Kier alpha value is -1.63. The quantitative estimate of drug-likeness (QED) is 0.383. The highest BCUT2D eigenvalue weighted by Gasteiger charge is 2.25. The van der Waals surface area contributed by atoms with Crippen LogP contribution in [0.15, 0.2) is 39.3 Å². The first kappa shape index (κ1) is 17.2. The fourth-order valence-electron chi connectivity index (χ4n) is 2.42. The summed E-state index contributed by atoms with van der Waals surface area (Å²) < 4.78 is 1.02. The van der Waals surface area contributed by atoms with E-state index in [0.29, 0.717) is 31.3 Å². The first-order chi connectivity index (χ1) is 11.4. The first-order valence-electron chi connectivity index (χ1n) is 6.85. The molecule has 122 valence electrons. The highest BCUT2D eigenvalue weighted by Crippen LogP contribution is 2.37. The number of hydrogen-bond acceptors (Lipinski definition) is 3. The summed E-state index contributed by atoms with van der Waals surface area (Å²) in [5.74, 6) is -0.477. The number of amides is 1. The van der Waals surface area contributed by atoms with Gasteiger partial charge in [-0.05, 0) is 73.8 Å². The van der Waals surface area contributed by atoms with Crippen LogP contribution in [-0.4, -0.2) is 22.7 Å². The molecule has 0 bridgehead atoms. The van der Waals surface area contributed by atoms with Crippen LogP contribution < -0.4 is 5.32 Å². The Balaban J connectivity index is 2.10. The summed E-state index contributed by atoms with van der Waals surface area (Å²) in [5, 5.41) is 12.6. The Kier molecular flexibility index (Phi) is 4.80. The average Bonchev–Trinajstić information content (AvgIpc) is 2.87. The third kappa shape index (κ3) is 3.14. The second kappa shape index (κ2) is 6.70. The topological polar surface area (TPSA) is 66.4 Å². The minimum absolute atomic E-state index is 0.0865. The molecule has 2 N–H and O–H groups in total. The molecule has 0 saturated carbocycles. The van der Waals surface area contributed by atoms with Crippen molar-refractivity contribution in [3.8, 4) is 5.75 Å². The zero-order valence-corrected chi connectivity index (χ0v) is 16.0. The van der Waals surface area contributed by atoms with Crippen LogP contribution in [0.5, 0.6) is 5.75 Å². The third-order valence-electron chi connectivity index (χ3n) is 3.60. The van der Waals surface area contributed by atoms with Gasteiger partial charge in [0.15, 0.2) is 5.78 Å². The fourth-order valence-corrected chi connectivity index (χ4v) is 3.79. The molecule has 1 aliphatic rings. The maximum Gasteiger partial charge on any atom is 0.256 e. The maximum absolute atomic E-state index is 12.3. The number of phenols is 1. The fraction of sp³-hybridized carbons (Fsp3) is 0.0588. The van der Waals surface area contributed by atoms with E-state index in [1.807, 2.05) is 0 Å². The van der Waals surface area contributed by atoms with E-state index in [0.717, 1.165) is 5.56 Å². The minimum atomic E-state index is -0.249. The van der Waals surface area contributed by atoms with Gasteiger partial charge in [-0.2, -0.15) is 0 Å². The van der Waals surface area contributed by atoms with E-state index < -0.39 is 0 Å². The lowest BCUT2D eigenvalue weighted by Crippen LogP contribution is -2.03. The number of alkyl halides is 1. The normalized spacial score (nSPS) is 14.6. The molecule has 0 unspecified atom stereocenters. The molecule has 3 rings (SSSR count). The first-order valence-corrected chi connectivity index (χ1v) is 8.97. The number of carbonyl (C=O) groups is 2. The Bertz CT molecular complexity index is 886. The summed E-state index contributed by atoms with van der Waals surface area (Å²) >= 11 is 12.1. The van der Waals surface area contributed by atoms with Crippen LogP contribution >= 0.6 is 43.5 Å². The molecule has 24 heavy (non-hydrogen) atoms. The van der Waals surface area contributed by atoms with Gasteiger partial charge >= 0.3 is 0 Å². The highest BCUT2D eigenvalue weighted by atomic mass is 79.9. The molecule has 1 heterocycles. The van der Waals surface area contributed by atoms with Crippen LogP contribution in [0, 0.1) is 0 Å². The zero-order valence-electron chi connectivity index (χ0n) is 12.1. The van der Waals surface area contributed by atoms with Crippen molar-refractivity contribution < 1.29 is 14.7 Å². The van der Waals surface area contributed by atoms with Gasteiger partial charge in [0.05, 0.1) is 14.8 Å². The van der Waals surface area contributed by atoms with Crippen molar-refractivity contribution in [2.75, 3.05) is 11.2 Å². The van der Waals surface area contributed by atoms with Gasteiger partial charge in [0.1, 0.15) is 5.75 Å². The standard InChI is InChI=1S/C17H10Br2ClNO3/c18-12-4-8(5-13(19)16(12)23)3-11-10-6-9(15(22)7-20)1-2-14(10)21-17(11)24/h1-6,23H,7H2,(H,21,24)/b11-3+. The van der Waals surface area contributed by atoms with Crippen molar-refractivity contribution in [2.45, 2.75) is 0 Å². The number of benzene rings is 2. The average molecular weight is 472 g/mol. The van der Waals surface area contributed by atoms with E-state index in [4.69, 9.17) is 11.6 Å². The second-order valence-electron chi connectivity index (χ2n) is 5.16. The highest BCUT2D eigenvalue weighted by molar-refractivity contribution is 9.11. The summed E-state index contributed by atoms with van der Waals surface area (Å²) in [6.45, 7) is 0. The van der Waals surface area contributed by atoms with Crippen molar-refractivity contribution >= 4 is 72.5 Å². The van der Waals surface area contributed by atoms with Gasteiger partial charge in [-0.1, -0.05) is 0 Å². The van der Waals surface area contributed by atoms with Gasteiger partial charge in [0.25, 0.3) is 5.91 Å². The number of anilines is 1.